The van der Waals surface area contributed by atoms with Gasteiger partial charge in [0.1, 0.15) is 0 Å². The van der Waals surface area contributed by atoms with Gasteiger partial charge in [0.25, 0.3) is 6.47 Å². The molecule has 0 atom stereocenters. The van der Waals surface area contributed by atoms with Gasteiger partial charge in [0, 0.05) is 26.0 Å². The van der Waals surface area contributed by atoms with Crippen LogP contribution in [-0.4, -0.2) is 56.5 Å². The van der Waals surface area contributed by atoms with Crippen LogP contribution < -0.4 is 10.6 Å². The smallest absolute Gasteiger partial charge is 0.303 e. The van der Waals surface area contributed by atoms with Gasteiger partial charge in [0.15, 0.2) is 0 Å². The second-order valence-electron chi connectivity index (χ2n) is 6.09. The van der Waals surface area contributed by atoms with Crippen LogP contribution in [0.5, 0.6) is 0 Å². The van der Waals surface area contributed by atoms with Gasteiger partial charge in [-0.05, 0) is 45.1 Å². The summed E-state index contributed by atoms with van der Waals surface area (Å²) in [5.41, 5.74) is 0. The summed E-state index contributed by atoms with van der Waals surface area (Å²) in [5, 5.41) is 14.6. The summed E-state index contributed by atoms with van der Waals surface area (Å²) in [7, 11) is 0. The van der Waals surface area contributed by atoms with Gasteiger partial charge in [-0.1, -0.05) is 12.8 Å². The molecule has 26 heavy (non-hydrogen) atoms. The molecular weight excluding hydrogens is 340 g/mol. The predicted octanol–water partition coefficient (Wildman–Crippen LogP) is 1.82. The molecule has 3 N–H and O–H groups in total. The van der Waals surface area contributed by atoms with Gasteiger partial charge in [-0.15, -0.1) is 0 Å². The molecule has 0 aromatic rings. The molecular formula is C18H34N2O6. The summed E-state index contributed by atoms with van der Waals surface area (Å²) in [6.07, 6.45) is 7.75. The average Bonchev–Trinajstić information content (AvgIpc) is 2.61. The van der Waals surface area contributed by atoms with Crippen molar-refractivity contribution in [1.29, 1.82) is 0 Å². The Kier molecular flexibility index (Phi) is 18.4. The van der Waals surface area contributed by atoms with Crippen LogP contribution in [0.4, 0.5) is 0 Å². The summed E-state index contributed by atoms with van der Waals surface area (Å²) < 4.78 is 9.92. The van der Waals surface area contributed by atoms with Crippen LogP contribution >= 0.6 is 0 Å². The molecule has 0 aromatic carbocycles. The van der Waals surface area contributed by atoms with Gasteiger partial charge in [0.05, 0.1) is 13.3 Å². The minimum atomic E-state index is -0.760. The van der Waals surface area contributed by atoms with Gasteiger partial charge in [-0.3, -0.25) is 19.7 Å². The summed E-state index contributed by atoms with van der Waals surface area (Å²) in [6.45, 7) is 3.49. The number of ether oxygens (including phenoxy) is 2. The fraction of sp³-hybridized carbons (Fsp3) is 0.833. The van der Waals surface area contributed by atoms with E-state index >= 15 is 0 Å². The van der Waals surface area contributed by atoms with Crippen molar-refractivity contribution in [3.05, 3.63) is 0 Å². The third kappa shape index (κ3) is 20.4. The number of carboxylic acid groups (broad SMARTS) is 1. The Hall–Kier alpha value is -1.67. The Balaban J connectivity index is 3.13. The standard InChI is InChI=1S/C18H34N2O6/c21-16-26-14-7-3-9-17(22)20-12-6-2-1-5-11-19-15-25-13-8-4-10-18(23)24/h16,19H,1-15H2,(H,20,22)(H,23,24). The lowest BCUT2D eigenvalue weighted by Crippen LogP contribution is -2.24. The fourth-order valence-electron chi connectivity index (χ4n) is 2.26. The molecule has 8 nitrogen and oxygen atoms in total. The molecule has 0 aliphatic carbocycles. The number of hydrogen-bond acceptors (Lipinski definition) is 6. The van der Waals surface area contributed by atoms with Crippen molar-refractivity contribution < 1.29 is 29.0 Å². The Labute approximate surface area is 156 Å². The number of carbonyl (C=O) groups excluding carboxylic acids is 2. The molecule has 0 heterocycles. The van der Waals surface area contributed by atoms with E-state index in [9.17, 15) is 14.4 Å². The molecule has 0 rings (SSSR count). The normalized spacial score (nSPS) is 10.5. The number of amides is 1. The predicted molar refractivity (Wildman–Crippen MR) is 97.7 cm³/mol. The Morgan fingerprint density at radius 3 is 2.27 bits per heavy atom. The first kappa shape index (κ1) is 24.3. The number of rotatable bonds is 20. The molecule has 0 radical (unpaired) electrons. The van der Waals surface area contributed by atoms with Gasteiger partial charge >= 0.3 is 5.97 Å². The van der Waals surface area contributed by atoms with Crippen LogP contribution in [0, 0.1) is 0 Å². The Morgan fingerprint density at radius 2 is 1.54 bits per heavy atom. The first-order valence-corrected chi connectivity index (χ1v) is 9.49. The number of unbranched alkanes of at least 4 members (excludes halogenated alkanes) is 5. The average molecular weight is 374 g/mol. The van der Waals surface area contributed by atoms with Gasteiger partial charge in [0.2, 0.25) is 5.91 Å². The minimum Gasteiger partial charge on any atom is -0.481 e. The number of carbonyl (C=O) groups is 3. The third-order valence-corrected chi connectivity index (χ3v) is 3.72. The van der Waals surface area contributed by atoms with Crippen molar-refractivity contribution in [3.8, 4) is 0 Å². The fourth-order valence-corrected chi connectivity index (χ4v) is 2.26. The molecule has 152 valence electrons. The minimum absolute atomic E-state index is 0.0540. The summed E-state index contributed by atoms with van der Waals surface area (Å²) >= 11 is 0. The van der Waals surface area contributed by atoms with Crippen LogP contribution in [0.15, 0.2) is 0 Å². The highest BCUT2D eigenvalue weighted by atomic mass is 16.5. The van der Waals surface area contributed by atoms with E-state index in [0.717, 1.165) is 45.1 Å². The van der Waals surface area contributed by atoms with E-state index < -0.39 is 5.97 Å². The van der Waals surface area contributed by atoms with Crippen LogP contribution in [0.3, 0.4) is 0 Å². The molecule has 0 saturated heterocycles. The maximum Gasteiger partial charge on any atom is 0.303 e. The number of hydrogen-bond donors (Lipinski definition) is 3. The lowest BCUT2D eigenvalue weighted by Gasteiger charge is -2.07. The highest BCUT2D eigenvalue weighted by Gasteiger charge is 2.00. The number of nitrogens with one attached hydrogen (secondary N) is 2. The van der Waals surface area contributed by atoms with E-state index in [4.69, 9.17) is 9.84 Å². The molecule has 0 fully saturated rings. The third-order valence-electron chi connectivity index (χ3n) is 3.72. The van der Waals surface area contributed by atoms with Crippen molar-refractivity contribution in [2.24, 2.45) is 0 Å². The Morgan fingerprint density at radius 1 is 0.846 bits per heavy atom. The van der Waals surface area contributed by atoms with E-state index in [0.29, 0.717) is 52.2 Å². The zero-order valence-electron chi connectivity index (χ0n) is 15.7. The van der Waals surface area contributed by atoms with Crippen molar-refractivity contribution in [2.45, 2.75) is 64.2 Å². The second-order valence-corrected chi connectivity index (χ2v) is 6.09. The molecule has 0 aliphatic heterocycles. The molecule has 0 bridgehead atoms. The van der Waals surface area contributed by atoms with E-state index in [-0.39, 0.29) is 12.3 Å². The van der Waals surface area contributed by atoms with Crippen LogP contribution in [0.1, 0.15) is 64.2 Å². The zero-order chi connectivity index (χ0) is 19.3. The zero-order valence-corrected chi connectivity index (χ0v) is 15.7. The quantitative estimate of drug-likeness (QED) is 0.169. The molecule has 0 aliphatic rings. The largest absolute Gasteiger partial charge is 0.481 e. The SMILES string of the molecule is O=COCCCCC(=O)NCCCCCCNCOCCCCC(=O)O. The summed E-state index contributed by atoms with van der Waals surface area (Å²) in [4.78, 5) is 31.8. The first-order valence-electron chi connectivity index (χ1n) is 9.49. The van der Waals surface area contributed by atoms with Crippen molar-refractivity contribution >= 4 is 18.3 Å². The van der Waals surface area contributed by atoms with E-state index in [2.05, 4.69) is 15.4 Å². The van der Waals surface area contributed by atoms with Crippen molar-refractivity contribution in [2.75, 3.05) is 33.0 Å². The van der Waals surface area contributed by atoms with Gasteiger partial charge in [-0.2, -0.15) is 0 Å². The molecule has 0 spiro atoms. The number of carboxylic acids is 1. The van der Waals surface area contributed by atoms with Gasteiger partial charge < -0.3 is 19.9 Å². The lowest BCUT2D eigenvalue weighted by molar-refractivity contribution is -0.137. The van der Waals surface area contributed by atoms with Gasteiger partial charge in [-0.25, -0.2) is 0 Å². The van der Waals surface area contributed by atoms with E-state index in [1.165, 1.54) is 0 Å². The van der Waals surface area contributed by atoms with Crippen molar-refractivity contribution in [1.82, 2.24) is 10.6 Å². The topological polar surface area (TPSA) is 114 Å². The maximum absolute atomic E-state index is 11.5. The molecule has 0 aromatic heterocycles. The molecule has 1 amide bonds. The van der Waals surface area contributed by atoms with E-state index in [1.54, 1.807) is 0 Å². The molecule has 8 heteroatoms. The van der Waals surface area contributed by atoms with E-state index in [1.807, 2.05) is 0 Å². The molecule has 0 saturated carbocycles. The number of aliphatic carboxylic acids is 1. The second kappa shape index (κ2) is 19.7. The monoisotopic (exact) mass is 374 g/mol. The van der Waals surface area contributed by atoms with Crippen molar-refractivity contribution in [3.63, 3.8) is 0 Å². The molecule has 0 unspecified atom stereocenters. The summed E-state index contributed by atoms with van der Waals surface area (Å²) in [5.74, 6) is -0.706. The Bertz CT molecular complexity index is 366. The lowest BCUT2D eigenvalue weighted by atomic mass is 10.2. The van der Waals surface area contributed by atoms with Crippen LogP contribution in [-0.2, 0) is 23.9 Å². The van der Waals surface area contributed by atoms with Crippen LogP contribution in [0.2, 0.25) is 0 Å². The highest BCUT2D eigenvalue weighted by molar-refractivity contribution is 5.75. The highest BCUT2D eigenvalue weighted by Crippen LogP contribution is 1.99. The van der Waals surface area contributed by atoms with Crippen LogP contribution in [0.25, 0.3) is 0 Å². The summed E-state index contributed by atoms with van der Waals surface area (Å²) in [6, 6.07) is 0. The maximum atomic E-state index is 11.5. The first-order chi connectivity index (χ1) is 12.7.